The maximum Gasteiger partial charge on any atom is 0.222 e. The zero-order chi connectivity index (χ0) is 14.4. The molecule has 0 aromatic rings. The summed E-state index contributed by atoms with van der Waals surface area (Å²) in [5.41, 5.74) is 0. The molecule has 4 nitrogen and oxygen atoms in total. The van der Waals surface area contributed by atoms with Gasteiger partial charge in [-0.3, -0.25) is 9.69 Å². The Morgan fingerprint density at radius 1 is 1.30 bits per heavy atom. The molecule has 2 fully saturated rings. The molecule has 2 aliphatic heterocycles. The van der Waals surface area contributed by atoms with Crippen molar-refractivity contribution < 1.29 is 9.90 Å². The molecular weight excluding hydrogens is 272 g/mol. The Morgan fingerprint density at radius 3 is 2.85 bits per heavy atom. The molecular formula is C15H28N2O2S. The Morgan fingerprint density at radius 2 is 2.15 bits per heavy atom. The fourth-order valence-electron chi connectivity index (χ4n) is 3.22. The molecule has 2 heterocycles. The number of likely N-dealkylation sites (tertiary alicyclic amines) is 2. The standard InChI is InChI=1S/C15H28N2O2S/c1-2-20-14-6-3-4-8-16(12-14)10-13(18)11-17-9-5-7-15(17)19/h13-14,18H,2-12H2,1H3. The second kappa shape index (κ2) is 8.25. The summed E-state index contributed by atoms with van der Waals surface area (Å²) in [6.07, 6.45) is 5.04. The lowest BCUT2D eigenvalue weighted by Gasteiger charge is -2.28. The molecule has 0 aromatic carbocycles. The van der Waals surface area contributed by atoms with Crippen LogP contribution in [0, 0.1) is 0 Å². The first-order chi connectivity index (χ1) is 9.69. The molecule has 0 saturated carbocycles. The molecule has 0 spiro atoms. The molecule has 2 atom stereocenters. The first-order valence-corrected chi connectivity index (χ1v) is 9.03. The first kappa shape index (κ1) is 16.1. The summed E-state index contributed by atoms with van der Waals surface area (Å²) in [5, 5.41) is 11.0. The minimum Gasteiger partial charge on any atom is -0.390 e. The van der Waals surface area contributed by atoms with Crippen LogP contribution in [-0.4, -0.2) is 70.6 Å². The van der Waals surface area contributed by atoms with Gasteiger partial charge in [-0.15, -0.1) is 0 Å². The second-order valence-electron chi connectivity index (χ2n) is 5.93. The van der Waals surface area contributed by atoms with E-state index in [1.165, 1.54) is 25.0 Å². The lowest BCUT2D eigenvalue weighted by Crippen LogP contribution is -2.42. The second-order valence-corrected chi connectivity index (χ2v) is 7.51. The van der Waals surface area contributed by atoms with Crippen LogP contribution < -0.4 is 0 Å². The molecule has 0 aliphatic carbocycles. The van der Waals surface area contributed by atoms with Crippen LogP contribution in [0.3, 0.4) is 0 Å². The summed E-state index contributed by atoms with van der Waals surface area (Å²) in [5.74, 6) is 1.38. The Labute approximate surface area is 126 Å². The van der Waals surface area contributed by atoms with Gasteiger partial charge in [-0.25, -0.2) is 0 Å². The van der Waals surface area contributed by atoms with Crippen LogP contribution in [0.1, 0.15) is 39.0 Å². The third kappa shape index (κ3) is 4.93. The molecule has 1 N–H and O–H groups in total. The molecule has 116 valence electrons. The Bertz CT molecular complexity index is 314. The fraction of sp³-hybridized carbons (Fsp3) is 0.933. The number of carbonyl (C=O) groups is 1. The van der Waals surface area contributed by atoms with Crippen LogP contribution in [0.5, 0.6) is 0 Å². The monoisotopic (exact) mass is 300 g/mol. The van der Waals surface area contributed by atoms with Gasteiger partial charge in [-0.2, -0.15) is 11.8 Å². The van der Waals surface area contributed by atoms with Gasteiger partial charge in [-0.05, 0) is 31.6 Å². The van der Waals surface area contributed by atoms with Gasteiger partial charge >= 0.3 is 0 Å². The fourth-order valence-corrected chi connectivity index (χ4v) is 4.34. The number of carbonyl (C=O) groups excluding carboxylic acids is 1. The van der Waals surface area contributed by atoms with Gasteiger partial charge in [0.25, 0.3) is 0 Å². The average Bonchev–Trinajstić information content (AvgIpc) is 2.67. The number of thioether (sulfide) groups is 1. The molecule has 5 heteroatoms. The minimum atomic E-state index is -0.401. The van der Waals surface area contributed by atoms with E-state index in [1.54, 1.807) is 0 Å². The predicted octanol–water partition coefficient (Wildman–Crippen LogP) is 1.58. The third-order valence-electron chi connectivity index (χ3n) is 4.19. The van der Waals surface area contributed by atoms with Crippen molar-refractivity contribution in [2.75, 3.05) is 38.5 Å². The molecule has 2 rings (SSSR count). The number of rotatable bonds is 6. The highest BCUT2D eigenvalue weighted by Crippen LogP contribution is 2.22. The smallest absolute Gasteiger partial charge is 0.222 e. The van der Waals surface area contributed by atoms with Crippen molar-refractivity contribution in [3.05, 3.63) is 0 Å². The molecule has 2 unspecified atom stereocenters. The van der Waals surface area contributed by atoms with E-state index < -0.39 is 6.10 Å². The first-order valence-electron chi connectivity index (χ1n) is 7.99. The normalized spacial score (nSPS) is 26.8. The number of hydrogen-bond donors (Lipinski definition) is 1. The lowest BCUT2D eigenvalue weighted by molar-refractivity contribution is -0.129. The van der Waals surface area contributed by atoms with Gasteiger partial charge in [-0.1, -0.05) is 13.3 Å². The zero-order valence-electron chi connectivity index (χ0n) is 12.6. The summed E-state index contributed by atoms with van der Waals surface area (Å²) in [6, 6.07) is 0. The molecule has 1 amide bonds. The van der Waals surface area contributed by atoms with Gasteiger partial charge in [0.2, 0.25) is 5.91 Å². The summed E-state index contributed by atoms with van der Waals surface area (Å²) >= 11 is 2.04. The summed E-state index contributed by atoms with van der Waals surface area (Å²) in [6.45, 7) is 6.44. The lowest BCUT2D eigenvalue weighted by atomic mass is 10.2. The Balaban J connectivity index is 1.76. The number of hydrogen-bond acceptors (Lipinski definition) is 4. The van der Waals surface area contributed by atoms with Crippen molar-refractivity contribution in [2.24, 2.45) is 0 Å². The van der Waals surface area contributed by atoms with Gasteiger partial charge in [0.1, 0.15) is 0 Å². The highest BCUT2D eigenvalue weighted by Gasteiger charge is 2.25. The van der Waals surface area contributed by atoms with Gasteiger partial charge < -0.3 is 10.0 Å². The van der Waals surface area contributed by atoms with E-state index in [-0.39, 0.29) is 5.91 Å². The highest BCUT2D eigenvalue weighted by atomic mass is 32.2. The molecule has 2 aliphatic rings. The molecule has 0 bridgehead atoms. The summed E-state index contributed by atoms with van der Waals surface area (Å²) in [7, 11) is 0. The average molecular weight is 300 g/mol. The molecule has 2 saturated heterocycles. The van der Waals surface area contributed by atoms with Crippen molar-refractivity contribution >= 4 is 17.7 Å². The quantitative estimate of drug-likeness (QED) is 0.809. The topological polar surface area (TPSA) is 43.8 Å². The SMILES string of the molecule is CCSC1CCCCN(CC(O)CN2CCCC2=O)C1. The van der Waals surface area contributed by atoms with Crippen molar-refractivity contribution in [1.82, 2.24) is 9.80 Å². The van der Waals surface area contributed by atoms with Crippen LogP contribution in [0.2, 0.25) is 0 Å². The largest absolute Gasteiger partial charge is 0.390 e. The van der Waals surface area contributed by atoms with Crippen LogP contribution in [0.15, 0.2) is 0 Å². The van der Waals surface area contributed by atoms with E-state index in [0.717, 1.165) is 26.1 Å². The minimum absolute atomic E-state index is 0.208. The van der Waals surface area contributed by atoms with Crippen LogP contribution in [0.25, 0.3) is 0 Å². The Hall–Kier alpha value is -0.260. The molecule has 0 aromatic heterocycles. The van der Waals surface area contributed by atoms with E-state index >= 15 is 0 Å². The van der Waals surface area contributed by atoms with Gasteiger partial charge in [0.15, 0.2) is 0 Å². The summed E-state index contributed by atoms with van der Waals surface area (Å²) < 4.78 is 0. The number of aliphatic hydroxyl groups excluding tert-OH is 1. The highest BCUT2D eigenvalue weighted by molar-refractivity contribution is 7.99. The van der Waals surface area contributed by atoms with E-state index in [1.807, 2.05) is 16.7 Å². The van der Waals surface area contributed by atoms with E-state index in [2.05, 4.69) is 11.8 Å². The zero-order valence-corrected chi connectivity index (χ0v) is 13.4. The maximum atomic E-state index is 11.6. The Kier molecular flexibility index (Phi) is 6.65. The third-order valence-corrected chi connectivity index (χ3v) is 5.38. The van der Waals surface area contributed by atoms with Gasteiger partial charge in [0.05, 0.1) is 6.10 Å². The van der Waals surface area contributed by atoms with Crippen molar-refractivity contribution in [3.63, 3.8) is 0 Å². The van der Waals surface area contributed by atoms with E-state index in [9.17, 15) is 9.90 Å². The van der Waals surface area contributed by atoms with Gasteiger partial charge in [0, 0.05) is 37.8 Å². The number of β-amino-alcohol motifs (C(OH)–C–C–N with tert-alkyl or cyclic N) is 1. The van der Waals surface area contributed by atoms with E-state index in [4.69, 9.17) is 0 Å². The van der Waals surface area contributed by atoms with E-state index in [0.29, 0.717) is 24.8 Å². The van der Waals surface area contributed by atoms with Crippen molar-refractivity contribution in [1.29, 1.82) is 0 Å². The van der Waals surface area contributed by atoms with Crippen LogP contribution in [-0.2, 0) is 4.79 Å². The summed E-state index contributed by atoms with van der Waals surface area (Å²) in [4.78, 5) is 15.8. The number of aliphatic hydroxyl groups is 1. The maximum absolute atomic E-state index is 11.6. The number of nitrogens with zero attached hydrogens (tertiary/aromatic N) is 2. The molecule has 0 radical (unpaired) electrons. The predicted molar refractivity (Wildman–Crippen MR) is 84.0 cm³/mol. The molecule has 20 heavy (non-hydrogen) atoms. The number of amides is 1. The van der Waals surface area contributed by atoms with Crippen LogP contribution in [0.4, 0.5) is 0 Å². The van der Waals surface area contributed by atoms with Crippen molar-refractivity contribution in [2.45, 2.75) is 50.4 Å². The van der Waals surface area contributed by atoms with Crippen molar-refractivity contribution in [3.8, 4) is 0 Å². The van der Waals surface area contributed by atoms with Crippen LogP contribution >= 0.6 is 11.8 Å².